The van der Waals surface area contributed by atoms with Crippen molar-refractivity contribution in [1.29, 1.82) is 0 Å². The van der Waals surface area contributed by atoms with Crippen molar-refractivity contribution in [3.05, 3.63) is 69.9 Å². The number of rotatable bonds is 6. The maximum Gasteiger partial charge on any atom is 0.253 e. The fourth-order valence-electron chi connectivity index (χ4n) is 3.59. The summed E-state index contributed by atoms with van der Waals surface area (Å²) in [4.78, 5) is 17.6. The molecule has 0 aliphatic carbocycles. The standard InChI is InChI=1S/C22H25N3O3S/c1-15-6-7-16-11-17(21(26)24-20(16)10-15)13-25(14-19-5-3-9-28-19)22(29)23-12-18-4-2-8-27-18/h3,5-7,9-11,18H,2,4,8,12-14H2,1H3,(H,23,29)(H,24,26)/t18-/m1/s1. The Morgan fingerprint density at radius 1 is 1.31 bits per heavy atom. The van der Waals surface area contributed by atoms with E-state index in [1.165, 1.54) is 0 Å². The fourth-order valence-corrected chi connectivity index (χ4v) is 3.80. The lowest BCUT2D eigenvalue weighted by molar-refractivity contribution is 0.113. The number of furan rings is 1. The van der Waals surface area contributed by atoms with Crippen LogP contribution in [0.3, 0.4) is 0 Å². The third-order valence-corrected chi connectivity index (χ3v) is 5.56. The first kappa shape index (κ1) is 19.7. The maximum absolute atomic E-state index is 12.7. The van der Waals surface area contributed by atoms with E-state index in [1.54, 1.807) is 6.26 Å². The molecule has 0 bridgehead atoms. The van der Waals surface area contributed by atoms with Gasteiger partial charge < -0.3 is 24.4 Å². The Kier molecular flexibility index (Phi) is 5.97. The highest BCUT2D eigenvalue weighted by molar-refractivity contribution is 7.80. The smallest absolute Gasteiger partial charge is 0.253 e. The summed E-state index contributed by atoms with van der Waals surface area (Å²) in [6, 6.07) is 11.7. The van der Waals surface area contributed by atoms with Crippen LogP contribution in [0.1, 0.15) is 29.7 Å². The number of nitrogens with zero attached hydrogens (tertiary/aromatic N) is 1. The number of benzene rings is 1. The summed E-state index contributed by atoms with van der Waals surface area (Å²) in [5.41, 5.74) is 2.51. The average molecular weight is 412 g/mol. The number of thiocarbonyl (C=S) groups is 1. The quantitative estimate of drug-likeness (QED) is 0.605. The number of fused-ring (bicyclic) bond motifs is 1. The van der Waals surface area contributed by atoms with Crippen LogP contribution in [-0.2, 0) is 17.8 Å². The lowest BCUT2D eigenvalue weighted by atomic mass is 10.1. The summed E-state index contributed by atoms with van der Waals surface area (Å²) in [6.07, 6.45) is 3.95. The summed E-state index contributed by atoms with van der Waals surface area (Å²) in [6.45, 7) is 4.35. The lowest BCUT2D eigenvalue weighted by Gasteiger charge is -2.26. The Hall–Kier alpha value is -2.64. The maximum atomic E-state index is 12.7. The molecule has 0 saturated carbocycles. The predicted octanol–water partition coefficient (Wildman–Crippen LogP) is 3.49. The minimum atomic E-state index is -0.102. The molecule has 4 rings (SSSR count). The monoisotopic (exact) mass is 411 g/mol. The van der Waals surface area contributed by atoms with Crippen molar-refractivity contribution >= 4 is 28.2 Å². The molecule has 0 unspecified atom stereocenters. The molecule has 2 aromatic heterocycles. The van der Waals surface area contributed by atoms with Gasteiger partial charge in [-0.2, -0.15) is 0 Å². The second-order valence-electron chi connectivity index (χ2n) is 7.47. The van der Waals surface area contributed by atoms with Crippen LogP contribution in [-0.4, -0.2) is 34.3 Å². The van der Waals surface area contributed by atoms with Crippen LogP contribution in [0.4, 0.5) is 0 Å². The number of pyridine rings is 1. The van der Waals surface area contributed by atoms with E-state index >= 15 is 0 Å². The van der Waals surface area contributed by atoms with E-state index in [1.807, 2.05) is 48.2 Å². The van der Waals surface area contributed by atoms with E-state index < -0.39 is 0 Å². The van der Waals surface area contributed by atoms with Gasteiger partial charge in [0.1, 0.15) is 5.76 Å². The second-order valence-corrected chi connectivity index (χ2v) is 7.86. The van der Waals surface area contributed by atoms with Crippen molar-refractivity contribution in [1.82, 2.24) is 15.2 Å². The average Bonchev–Trinajstić information content (AvgIpc) is 3.40. The van der Waals surface area contributed by atoms with Gasteiger partial charge in [0, 0.05) is 24.2 Å². The molecule has 6 nitrogen and oxygen atoms in total. The summed E-state index contributed by atoms with van der Waals surface area (Å²) >= 11 is 5.64. The molecule has 1 aliphatic heterocycles. The van der Waals surface area contributed by atoms with Gasteiger partial charge >= 0.3 is 0 Å². The second kappa shape index (κ2) is 8.80. The minimum Gasteiger partial charge on any atom is -0.467 e. The SMILES string of the molecule is Cc1ccc2cc(CN(Cc3ccco3)C(=S)NC[C@H]3CCCO3)c(=O)[nH]c2c1. The van der Waals surface area contributed by atoms with Crippen molar-refractivity contribution in [3.63, 3.8) is 0 Å². The third-order valence-electron chi connectivity index (χ3n) is 5.16. The molecular weight excluding hydrogens is 386 g/mol. The Labute approximate surface area is 174 Å². The lowest BCUT2D eigenvalue weighted by Crippen LogP contribution is -2.42. The van der Waals surface area contributed by atoms with Crippen LogP contribution in [0.2, 0.25) is 0 Å². The number of aromatic amines is 1. The largest absolute Gasteiger partial charge is 0.467 e. The van der Waals surface area contributed by atoms with Gasteiger partial charge in [-0.1, -0.05) is 12.1 Å². The molecule has 7 heteroatoms. The third kappa shape index (κ3) is 4.86. The van der Waals surface area contributed by atoms with Crippen molar-refractivity contribution < 1.29 is 9.15 Å². The van der Waals surface area contributed by atoms with Crippen molar-refractivity contribution in [2.75, 3.05) is 13.2 Å². The Morgan fingerprint density at radius 3 is 2.97 bits per heavy atom. The molecule has 152 valence electrons. The van der Waals surface area contributed by atoms with E-state index in [0.717, 1.165) is 41.7 Å². The number of ether oxygens (including phenoxy) is 1. The normalized spacial score (nSPS) is 16.2. The molecule has 2 N–H and O–H groups in total. The summed E-state index contributed by atoms with van der Waals surface area (Å²) in [7, 11) is 0. The number of H-pyrrole nitrogens is 1. The predicted molar refractivity (Wildman–Crippen MR) is 117 cm³/mol. The minimum absolute atomic E-state index is 0.102. The highest BCUT2D eigenvalue weighted by Crippen LogP contribution is 2.16. The van der Waals surface area contributed by atoms with Crippen LogP contribution in [0, 0.1) is 6.92 Å². The molecule has 3 aromatic rings. The van der Waals surface area contributed by atoms with Crippen LogP contribution in [0.5, 0.6) is 0 Å². The zero-order valence-corrected chi connectivity index (χ0v) is 17.3. The number of hydrogen-bond donors (Lipinski definition) is 2. The van der Waals surface area contributed by atoms with E-state index in [0.29, 0.717) is 30.3 Å². The molecule has 29 heavy (non-hydrogen) atoms. The zero-order valence-electron chi connectivity index (χ0n) is 16.4. The van der Waals surface area contributed by atoms with Gasteiger partial charge in [0.15, 0.2) is 5.11 Å². The van der Waals surface area contributed by atoms with Crippen molar-refractivity contribution in [3.8, 4) is 0 Å². The van der Waals surface area contributed by atoms with Gasteiger partial charge in [0.25, 0.3) is 5.56 Å². The molecule has 1 aromatic carbocycles. The Morgan fingerprint density at radius 2 is 2.21 bits per heavy atom. The fraction of sp³-hybridized carbons (Fsp3) is 0.364. The molecule has 3 heterocycles. The first-order chi connectivity index (χ1) is 14.1. The molecular formula is C22H25N3O3S. The van der Waals surface area contributed by atoms with Crippen LogP contribution in [0.25, 0.3) is 10.9 Å². The topological polar surface area (TPSA) is 70.5 Å². The van der Waals surface area contributed by atoms with Gasteiger partial charge in [0.05, 0.1) is 25.5 Å². The number of nitrogens with one attached hydrogen (secondary N) is 2. The zero-order chi connectivity index (χ0) is 20.2. The first-order valence-corrected chi connectivity index (χ1v) is 10.3. The molecule has 1 aliphatic rings. The van der Waals surface area contributed by atoms with Gasteiger partial charge in [-0.15, -0.1) is 0 Å². The summed E-state index contributed by atoms with van der Waals surface area (Å²) < 4.78 is 11.2. The van der Waals surface area contributed by atoms with E-state index in [9.17, 15) is 4.79 Å². The Bertz CT molecular complexity index is 1040. The number of aromatic nitrogens is 1. The number of aryl methyl sites for hydroxylation is 1. The highest BCUT2D eigenvalue weighted by atomic mass is 32.1. The molecule has 0 radical (unpaired) electrons. The van der Waals surface area contributed by atoms with Gasteiger partial charge in [-0.3, -0.25) is 4.79 Å². The molecule has 1 saturated heterocycles. The van der Waals surface area contributed by atoms with Crippen molar-refractivity contribution in [2.45, 2.75) is 39.0 Å². The van der Waals surface area contributed by atoms with Gasteiger partial charge in [-0.25, -0.2) is 0 Å². The first-order valence-electron chi connectivity index (χ1n) is 9.88. The van der Waals surface area contributed by atoms with Gasteiger partial charge in [0.2, 0.25) is 0 Å². The molecule has 0 spiro atoms. The summed E-state index contributed by atoms with van der Waals surface area (Å²) in [5, 5.41) is 4.88. The highest BCUT2D eigenvalue weighted by Gasteiger charge is 2.19. The molecule has 1 atom stereocenters. The van der Waals surface area contributed by atoms with E-state index in [2.05, 4.69) is 10.3 Å². The van der Waals surface area contributed by atoms with Crippen LogP contribution >= 0.6 is 12.2 Å². The Balaban J connectivity index is 1.54. The van der Waals surface area contributed by atoms with Crippen LogP contribution < -0.4 is 10.9 Å². The molecule has 1 fully saturated rings. The van der Waals surface area contributed by atoms with Crippen molar-refractivity contribution in [2.24, 2.45) is 0 Å². The van der Waals surface area contributed by atoms with Crippen LogP contribution in [0.15, 0.2) is 51.9 Å². The van der Waals surface area contributed by atoms with E-state index in [4.69, 9.17) is 21.4 Å². The summed E-state index contributed by atoms with van der Waals surface area (Å²) in [5.74, 6) is 0.791. The van der Waals surface area contributed by atoms with E-state index in [-0.39, 0.29) is 11.7 Å². The molecule has 0 amide bonds. The number of hydrogen-bond acceptors (Lipinski definition) is 4. The van der Waals surface area contributed by atoms with Gasteiger partial charge in [-0.05, 0) is 67.2 Å².